The summed E-state index contributed by atoms with van der Waals surface area (Å²) < 4.78 is 29.0. The van der Waals surface area contributed by atoms with Crippen molar-refractivity contribution in [1.29, 1.82) is 0 Å². The summed E-state index contributed by atoms with van der Waals surface area (Å²) >= 11 is 0. The molecule has 0 bridgehead atoms. The van der Waals surface area contributed by atoms with Gasteiger partial charge in [0, 0.05) is 38.1 Å². The van der Waals surface area contributed by atoms with Crippen LogP contribution in [-0.2, 0) is 23.1 Å². The second-order valence-corrected chi connectivity index (χ2v) is 7.20. The van der Waals surface area contributed by atoms with Crippen molar-refractivity contribution < 1.29 is 8.42 Å². The van der Waals surface area contributed by atoms with Gasteiger partial charge in [0.15, 0.2) is 0 Å². The van der Waals surface area contributed by atoms with Crippen LogP contribution in [0.4, 0.5) is 0 Å². The fraction of sp³-hybridized carbons (Fsp3) is 0.600. The lowest BCUT2D eigenvalue weighted by Crippen LogP contribution is -2.33. The number of hydrogen-bond acceptors (Lipinski definition) is 3. The Morgan fingerprint density at radius 3 is 2.71 bits per heavy atom. The summed E-state index contributed by atoms with van der Waals surface area (Å²) in [6.07, 6.45) is 7.51. The van der Waals surface area contributed by atoms with E-state index in [1.54, 1.807) is 10.5 Å². The fourth-order valence-corrected chi connectivity index (χ4v) is 3.98. The summed E-state index contributed by atoms with van der Waals surface area (Å²) in [5, 5.41) is 3.27. The molecule has 1 aliphatic rings. The Morgan fingerprint density at radius 1 is 1.29 bits per heavy atom. The lowest BCUT2D eigenvalue weighted by atomic mass is 10.3. The molecule has 0 amide bonds. The molecule has 6 heteroatoms. The van der Waals surface area contributed by atoms with Crippen LogP contribution in [0.25, 0.3) is 0 Å². The quantitative estimate of drug-likeness (QED) is 0.783. The maximum Gasteiger partial charge on any atom is 0.244 e. The first-order valence-electron chi connectivity index (χ1n) is 7.64. The Balaban J connectivity index is 2.27. The smallest absolute Gasteiger partial charge is 0.244 e. The zero-order chi connectivity index (χ0) is 15.3. The van der Waals surface area contributed by atoms with E-state index in [9.17, 15) is 8.42 Å². The summed E-state index contributed by atoms with van der Waals surface area (Å²) in [7, 11) is -3.37. The van der Waals surface area contributed by atoms with E-state index in [1.165, 1.54) is 0 Å². The minimum Gasteiger partial charge on any atom is -0.349 e. The molecule has 1 aliphatic heterocycles. The minimum absolute atomic E-state index is 0.416. The average Bonchev–Trinajstić information content (AvgIpc) is 2.90. The molecule has 0 unspecified atom stereocenters. The lowest BCUT2D eigenvalue weighted by molar-refractivity contribution is 0.437. The van der Waals surface area contributed by atoms with Crippen molar-refractivity contribution in [2.24, 2.45) is 0 Å². The van der Waals surface area contributed by atoms with Crippen LogP contribution in [-0.4, -0.2) is 36.9 Å². The Hall–Kier alpha value is -1.11. The number of hydrogen-bond donors (Lipinski definition) is 1. The zero-order valence-corrected chi connectivity index (χ0v) is 13.7. The van der Waals surface area contributed by atoms with Crippen LogP contribution in [0, 0.1) is 0 Å². The normalized spacial score (nSPS) is 16.5. The Morgan fingerprint density at radius 2 is 2.10 bits per heavy atom. The van der Waals surface area contributed by atoms with Crippen LogP contribution in [0.2, 0.25) is 0 Å². The molecule has 118 valence electrons. The van der Waals surface area contributed by atoms with Crippen molar-refractivity contribution in [2.75, 3.05) is 19.6 Å². The highest BCUT2D eigenvalue weighted by atomic mass is 32.2. The first-order chi connectivity index (χ1) is 10.1. The second kappa shape index (κ2) is 7.24. The van der Waals surface area contributed by atoms with Crippen molar-refractivity contribution in [2.45, 2.75) is 44.7 Å². The van der Waals surface area contributed by atoms with Crippen LogP contribution in [0.3, 0.4) is 0 Å². The molecule has 5 nitrogen and oxygen atoms in total. The molecule has 0 saturated carbocycles. The SMILES string of the molecule is CCCn1cc(S(=O)(=O)N2CC=CCC2)cc1CNCC. The van der Waals surface area contributed by atoms with Gasteiger partial charge in [0.1, 0.15) is 4.90 Å². The molecule has 0 spiro atoms. The van der Waals surface area contributed by atoms with Crippen LogP contribution in [0.5, 0.6) is 0 Å². The monoisotopic (exact) mass is 311 g/mol. The Bertz CT molecular complexity index is 590. The predicted molar refractivity (Wildman–Crippen MR) is 84.6 cm³/mol. The maximum atomic E-state index is 12.7. The highest BCUT2D eigenvalue weighted by molar-refractivity contribution is 7.89. The highest BCUT2D eigenvalue weighted by Crippen LogP contribution is 2.21. The number of nitrogens with one attached hydrogen (secondary N) is 1. The molecular formula is C15H25N3O2S. The molecule has 1 N–H and O–H groups in total. The van der Waals surface area contributed by atoms with E-state index in [0.29, 0.717) is 24.5 Å². The van der Waals surface area contributed by atoms with E-state index in [-0.39, 0.29) is 0 Å². The average molecular weight is 311 g/mol. The van der Waals surface area contributed by atoms with Gasteiger partial charge in [0.05, 0.1) is 0 Å². The third kappa shape index (κ3) is 3.75. The lowest BCUT2D eigenvalue weighted by Gasteiger charge is -2.21. The van der Waals surface area contributed by atoms with E-state index in [2.05, 4.69) is 16.8 Å². The van der Waals surface area contributed by atoms with Gasteiger partial charge in [-0.15, -0.1) is 0 Å². The molecule has 2 rings (SSSR count). The summed E-state index contributed by atoms with van der Waals surface area (Å²) in [4.78, 5) is 0.416. The van der Waals surface area contributed by atoms with Gasteiger partial charge in [-0.3, -0.25) is 0 Å². The molecule has 1 aromatic rings. The van der Waals surface area contributed by atoms with Crippen LogP contribution < -0.4 is 5.32 Å². The number of aryl methyl sites for hydroxylation is 1. The van der Waals surface area contributed by atoms with Gasteiger partial charge in [-0.05, 0) is 25.5 Å². The van der Waals surface area contributed by atoms with Gasteiger partial charge in [-0.25, -0.2) is 8.42 Å². The third-order valence-electron chi connectivity index (χ3n) is 3.64. The van der Waals surface area contributed by atoms with Gasteiger partial charge < -0.3 is 9.88 Å². The Kier molecular flexibility index (Phi) is 5.61. The van der Waals surface area contributed by atoms with Gasteiger partial charge in [0.25, 0.3) is 0 Å². The topological polar surface area (TPSA) is 54.3 Å². The summed E-state index contributed by atoms with van der Waals surface area (Å²) in [5.41, 5.74) is 1.03. The van der Waals surface area contributed by atoms with Crippen LogP contribution in [0.1, 0.15) is 32.4 Å². The van der Waals surface area contributed by atoms with Crippen molar-refractivity contribution in [1.82, 2.24) is 14.2 Å². The van der Waals surface area contributed by atoms with Gasteiger partial charge >= 0.3 is 0 Å². The van der Waals surface area contributed by atoms with Crippen molar-refractivity contribution in [3.8, 4) is 0 Å². The van der Waals surface area contributed by atoms with E-state index in [1.807, 2.05) is 25.1 Å². The molecule has 0 aliphatic carbocycles. The molecule has 0 saturated heterocycles. The fourth-order valence-electron chi connectivity index (χ4n) is 2.50. The van der Waals surface area contributed by atoms with E-state index in [4.69, 9.17) is 0 Å². The summed E-state index contributed by atoms with van der Waals surface area (Å²) in [5.74, 6) is 0. The zero-order valence-electron chi connectivity index (χ0n) is 12.9. The largest absolute Gasteiger partial charge is 0.349 e. The molecule has 1 aromatic heterocycles. The number of nitrogens with zero attached hydrogens (tertiary/aromatic N) is 2. The molecule has 0 atom stereocenters. The predicted octanol–water partition coefficient (Wildman–Crippen LogP) is 1.96. The van der Waals surface area contributed by atoms with Crippen LogP contribution in [0.15, 0.2) is 29.3 Å². The van der Waals surface area contributed by atoms with E-state index >= 15 is 0 Å². The molecule has 0 fully saturated rings. The molecule has 21 heavy (non-hydrogen) atoms. The molecular weight excluding hydrogens is 286 g/mol. The number of rotatable bonds is 7. The van der Waals surface area contributed by atoms with Gasteiger partial charge in [-0.2, -0.15) is 4.31 Å². The van der Waals surface area contributed by atoms with Crippen LogP contribution >= 0.6 is 0 Å². The second-order valence-electron chi connectivity index (χ2n) is 5.26. The van der Waals surface area contributed by atoms with E-state index < -0.39 is 10.0 Å². The van der Waals surface area contributed by atoms with Crippen molar-refractivity contribution in [3.63, 3.8) is 0 Å². The Labute approximate surface area is 127 Å². The standard InChI is InChI=1S/C15H25N3O2S/c1-3-8-17-13-15(11-14(17)12-16-4-2)21(19,20)18-9-6-5-7-10-18/h5-6,11,13,16H,3-4,7-10,12H2,1-2H3. The summed E-state index contributed by atoms with van der Waals surface area (Å²) in [6, 6.07) is 1.81. The van der Waals surface area contributed by atoms with E-state index in [0.717, 1.165) is 31.6 Å². The van der Waals surface area contributed by atoms with Gasteiger partial charge in [0.2, 0.25) is 10.0 Å². The molecule has 0 aromatic carbocycles. The minimum atomic E-state index is -3.37. The van der Waals surface area contributed by atoms with Gasteiger partial charge in [-0.1, -0.05) is 26.0 Å². The summed E-state index contributed by atoms with van der Waals surface area (Å²) in [6.45, 7) is 7.61. The highest BCUT2D eigenvalue weighted by Gasteiger charge is 2.26. The maximum absolute atomic E-state index is 12.7. The molecule has 2 heterocycles. The van der Waals surface area contributed by atoms with Crippen molar-refractivity contribution in [3.05, 3.63) is 30.1 Å². The molecule has 0 radical (unpaired) electrons. The van der Waals surface area contributed by atoms with Crippen molar-refractivity contribution >= 4 is 10.0 Å². The third-order valence-corrected chi connectivity index (χ3v) is 5.47. The first kappa shape index (κ1) is 16.3. The number of aromatic nitrogens is 1. The number of sulfonamides is 1. The first-order valence-corrected chi connectivity index (χ1v) is 9.08.